The Kier molecular flexibility index (Phi) is 9.15. The van der Waals surface area contributed by atoms with E-state index in [-0.39, 0.29) is 6.03 Å². The average Bonchev–Trinajstić information content (AvgIpc) is 2.65. The molecule has 1 aromatic carbocycles. The minimum absolute atomic E-state index is 0.0724. The third-order valence-corrected chi connectivity index (χ3v) is 4.87. The first-order valence-electron chi connectivity index (χ1n) is 10.1. The fourth-order valence-corrected chi connectivity index (χ4v) is 3.50. The molecule has 2 rings (SSSR count). The van der Waals surface area contributed by atoms with Crippen molar-refractivity contribution in [2.75, 3.05) is 26.3 Å². The van der Waals surface area contributed by atoms with Crippen molar-refractivity contribution in [2.24, 2.45) is 5.92 Å². The monoisotopic (exact) mass is 362 g/mol. The van der Waals surface area contributed by atoms with Gasteiger partial charge in [0, 0.05) is 13.1 Å². The van der Waals surface area contributed by atoms with Gasteiger partial charge in [-0.25, -0.2) is 4.79 Å². The maximum absolute atomic E-state index is 11.9. The molecule has 5 heteroatoms. The lowest BCUT2D eigenvalue weighted by molar-refractivity contribution is 0.239. The third-order valence-electron chi connectivity index (χ3n) is 4.87. The molecule has 1 aliphatic rings. The second kappa shape index (κ2) is 11.7. The largest absolute Gasteiger partial charge is 0.490 e. The molecule has 0 bridgehead atoms. The molecule has 0 saturated heterocycles. The van der Waals surface area contributed by atoms with Crippen molar-refractivity contribution in [1.29, 1.82) is 0 Å². The number of carbonyl (C=O) groups excluding carboxylic acids is 1. The Bertz CT molecular complexity index is 542. The lowest BCUT2D eigenvalue weighted by atomic mass is 9.87. The Hall–Kier alpha value is -1.91. The summed E-state index contributed by atoms with van der Waals surface area (Å²) in [6.07, 6.45) is 8.59. The summed E-state index contributed by atoms with van der Waals surface area (Å²) in [5.74, 6) is 2.33. The van der Waals surface area contributed by atoms with Crippen LogP contribution in [0.5, 0.6) is 11.5 Å². The van der Waals surface area contributed by atoms with E-state index in [0.29, 0.717) is 19.8 Å². The number of ether oxygens (including phenoxy) is 2. The Morgan fingerprint density at radius 2 is 1.69 bits per heavy atom. The summed E-state index contributed by atoms with van der Waals surface area (Å²) < 4.78 is 11.2. The van der Waals surface area contributed by atoms with Gasteiger partial charge in [-0.3, -0.25) is 0 Å². The molecule has 0 heterocycles. The van der Waals surface area contributed by atoms with Crippen LogP contribution in [-0.2, 0) is 6.42 Å². The zero-order chi connectivity index (χ0) is 18.6. The van der Waals surface area contributed by atoms with Gasteiger partial charge in [-0.15, -0.1) is 0 Å². The van der Waals surface area contributed by atoms with E-state index in [0.717, 1.165) is 42.4 Å². The van der Waals surface area contributed by atoms with Gasteiger partial charge >= 0.3 is 6.03 Å². The van der Waals surface area contributed by atoms with Crippen LogP contribution in [0.2, 0.25) is 0 Å². The van der Waals surface area contributed by atoms with Crippen LogP contribution in [0, 0.1) is 5.92 Å². The average molecular weight is 363 g/mol. The molecule has 1 aliphatic carbocycles. The quantitative estimate of drug-likeness (QED) is 0.652. The number of rotatable bonds is 10. The standard InChI is InChI=1S/C21H34N2O3/c1-3-25-19-11-10-18(16-20(19)26-4-2)13-15-23-21(24)22-14-12-17-8-6-5-7-9-17/h10-11,16-17H,3-9,12-15H2,1-2H3,(H2,22,23,24). The van der Waals surface area contributed by atoms with Crippen molar-refractivity contribution in [3.8, 4) is 11.5 Å². The van der Waals surface area contributed by atoms with Crippen molar-refractivity contribution in [1.82, 2.24) is 10.6 Å². The zero-order valence-electron chi connectivity index (χ0n) is 16.3. The van der Waals surface area contributed by atoms with Crippen molar-refractivity contribution in [3.63, 3.8) is 0 Å². The van der Waals surface area contributed by atoms with E-state index >= 15 is 0 Å². The zero-order valence-corrected chi connectivity index (χ0v) is 16.3. The van der Waals surface area contributed by atoms with E-state index in [1.54, 1.807) is 0 Å². The van der Waals surface area contributed by atoms with E-state index in [4.69, 9.17) is 9.47 Å². The molecular weight excluding hydrogens is 328 g/mol. The Morgan fingerprint density at radius 3 is 2.42 bits per heavy atom. The van der Waals surface area contributed by atoms with Crippen molar-refractivity contribution < 1.29 is 14.3 Å². The maximum Gasteiger partial charge on any atom is 0.314 e. The summed E-state index contributed by atoms with van der Waals surface area (Å²) in [5, 5.41) is 5.92. The fourth-order valence-electron chi connectivity index (χ4n) is 3.50. The summed E-state index contributed by atoms with van der Waals surface area (Å²) in [4.78, 5) is 11.9. The third kappa shape index (κ3) is 7.14. The molecule has 0 aromatic heterocycles. The predicted molar refractivity (Wildman–Crippen MR) is 105 cm³/mol. The number of urea groups is 1. The van der Waals surface area contributed by atoms with Crippen molar-refractivity contribution in [3.05, 3.63) is 23.8 Å². The normalized spacial score (nSPS) is 14.7. The number of carbonyl (C=O) groups is 1. The van der Waals surface area contributed by atoms with Gasteiger partial charge in [0.2, 0.25) is 0 Å². The second-order valence-electron chi connectivity index (χ2n) is 6.87. The second-order valence-corrected chi connectivity index (χ2v) is 6.87. The molecule has 0 unspecified atom stereocenters. The fraction of sp³-hybridized carbons (Fsp3) is 0.667. The first-order chi connectivity index (χ1) is 12.7. The van der Waals surface area contributed by atoms with Crippen LogP contribution < -0.4 is 20.1 Å². The maximum atomic E-state index is 11.9. The van der Waals surface area contributed by atoms with Gasteiger partial charge in [-0.1, -0.05) is 38.2 Å². The number of hydrogen-bond acceptors (Lipinski definition) is 3. The van der Waals surface area contributed by atoms with Crippen LogP contribution in [0.25, 0.3) is 0 Å². The highest BCUT2D eigenvalue weighted by Crippen LogP contribution is 2.28. The molecule has 0 atom stereocenters. The van der Waals surface area contributed by atoms with Crippen LogP contribution >= 0.6 is 0 Å². The molecule has 2 N–H and O–H groups in total. The summed E-state index contributed by atoms with van der Waals surface area (Å²) in [6.45, 7) is 6.51. The lowest BCUT2D eigenvalue weighted by Crippen LogP contribution is -2.37. The molecule has 1 fully saturated rings. The first-order valence-corrected chi connectivity index (χ1v) is 10.1. The van der Waals surface area contributed by atoms with E-state index in [2.05, 4.69) is 10.6 Å². The molecule has 2 amide bonds. The van der Waals surface area contributed by atoms with E-state index in [9.17, 15) is 4.79 Å². The number of amides is 2. The molecule has 5 nitrogen and oxygen atoms in total. The Balaban J connectivity index is 1.67. The molecule has 26 heavy (non-hydrogen) atoms. The van der Waals surface area contributed by atoms with Crippen LogP contribution in [0.4, 0.5) is 4.79 Å². The Morgan fingerprint density at radius 1 is 1.00 bits per heavy atom. The SMILES string of the molecule is CCOc1ccc(CCNC(=O)NCCC2CCCCC2)cc1OCC. The summed E-state index contributed by atoms with van der Waals surface area (Å²) >= 11 is 0. The lowest BCUT2D eigenvalue weighted by Gasteiger charge is -2.21. The smallest absolute Gasteiger partial charge is 0.314 e. The first kappa shape index (κ1) is 20.4. The molecule has 1 saturated carbocycles. The highest BCUT2D eigenvalue weighted by atomic mass is 16.5. The van der Waals surface area contributed by atoms with Crippen LogP contribution in [0.15, 0.2) is 18.2 Å². The number of hydrogen-bond donors (Lipinski definition) is 2. The van der Waals surface area contributed by atoms with Gasteiger partial charge in [-0.2, -0.15) is 0 Å². The van der Waals surface area contributed by atoms with Gasteiger partial charge in [0.05, 0.1) is 13.2 Å². The van der Waals surface area contributed by atoms with Crippen molar-refractivity contribution >= 4 is 6.03 Å². The minimum atomic E-state index is -0.0724. The highest BCUT2D eigenvalue weighted by molar-refractivity contribution is 5.73. The van der Waals surface area contributed by atoms with Gasteiger partial charge in [0.25, 0.3) is 0 Å². The summed E-state index contributed by atoms with van der Waals surface area (Å²) in [5.41, 5.74) is 1.12. The van der Waals surface area contributed by atoms with Crippen LogP contribution in [0.3, 0.4) is 0 Å². The van der Waals surface area contributed by atoms with Gasteiger partial charge < -0.3 is 20.1 Å². The predicted octanol–water partition coefficient (Wildman–Crippen LogP) is 4.30. The van der Waals surface area contributed by atoms with E-state index < -0.39 is 0 Å². The van der Waals surface area contributed by atoms with Gasteiger partial charge in [0.1, 0.15) is 0 Å². The minimum Gasteiger partial charge on any atom is -0.490 e. The van der Waals surface area contributed by atoms with Crippen LogP contribution in [-0.4, -0.2) is 32.3 Å². The highest BCUT2D eigenvalue weighted by Gasteiger charge is 2.13. The molecular formula is C21H34N2O3. The summed E-state index contributed by atoms with van der Waals surface area (Å²) in [6, 6.07) is 5.89. The molecule has 1 aromatic rings. The molecule has 146 valence electrons. The Labute approximate surface area is 157 Å². The van der Waals surface area contributed by atoms with E-state index in [1.807, 2.05) is 32.0 Å². The molecule has 0 radical (unpaired) electrons. The summed E-state index contributed by atoms with van der Waals surface area (Å²) in [7, 11) is 0. The number of benzene rings is 1. The number of nitrogens with one attached hydrogen (secondary N) is 2. The van der Waals surface area contributed by atoms with Gasteiger partial charge in [-0.05, 0) is 50.3 Å². The molecule has 0 aliphatic heterocycles. The topological polar surface area (TPSA) is 59.6 Å². The van der Waals surface area contributed by atoms with Crippen molar-refractivity contribution in [2.45, 2.75) is 58.8 Å². The molecule has 0 spiro atoms. The van der Waals surface area contributed by atoms with Crippen LogP contribution in [0.1, 0.15) is 57.9 Å². The van der Waals surface area contributed by atoms with Gasteiger partial charge in [0.15, 0.2) is 11.5 Å². The van der Waals surface area contributed by atoms with E-state index in [1.165, 1.54) is 32.1 Å².